The Morgan fingerprint density at radius 2 is 1.67 bits per heavy atom. The summed E-state index contributed by atoms with van der Waals surface area (Å²) in [6.45, 7) is 0. The van der Waals surface area contributed by atoms with Gasteiger partial charge in [-0.1, -0.05) is 29.5 Å². The molecule has 166 valence electrons. The van der Waals surface area contributed by atoms with Crippen LogP contribution in [0.3, 0.4) is 0 Å². The number of fused-ring (bicyclic) bond motifs is 1. The molecule has 0 radical (unpaired) electrons. The zero-order valence-corrected chi connectivity index (χ0v) is 17.4. The number of benzene rings is 3. The third kappa shape index (κ3) is 4.49. The zero-order valence-electron chi connectivity index (χ0n) is 17.4. The molecule has 3 N–H and O–H groups in total. The molecule has 0 spiro atoms. The van der Waals surface area contributed by atoms with Crippen molar-refractivity contribution >= 4 is 34.5 Å². The highest BCUT2D eigenvalue weighted by Gasteiger charge is 2.27. The van der Waals surface area contributed by atoms with Gasteiger partial charge in [-0.15, -0.1) is 5.10 Å². The fourth-order valence-electron chi connectivity index (χ4n) is 3.32. The SMILES string of the molecule is COc1ccc(C(=O)c2ccccc2NC(=O)C(NC(=O)O)n2nnc3ccccc32)cc1. The molecular formula is C23H19N5O5. The van der Waals surface area contributed by atoms with Crippen LogP contribution in [0.15, 0.2) is 72.8 Å². The van der Waals surface area contributed by atoms with E-state index in [1.807, 2.05) is 0 Å². The van der Waals surface area contributed by atoms with Gasteiger partial charge in [0.2, 0.25) is 6.17 Å². The molecule has 4 rings (SSSR count). The lowest BCUT2D eigenvalue weighted by Gasteiger charge is -2.18. The van der Waals surface area contributed by atoms with E-state index >= 15 is 0 Å². The first-order valence-electron chi connectivity index (χ1n) is 9.86. The molecule has 0 aliphatic heterocycles. The number of carbonyl (C=O) groups is 3. The molecule has 1 atom stereocenters. The lowest BCUT2D eigenvalue weighted by Crippen LogP contribution is -2.40. The van der Waals surface area contributed by atoms with Gasteiger partial charge >= 0.3 is 6.09 Å². The van der Waals surface area contributed by atoms with E-state index in [0.717, 1.165) is 0 Å². The zero-order chi connectivity index (χ0) is 23.4. The summed E-state index contributed by atoms with van der Waals surface area (Å²) in [6.07, 6.45) is -2.84. The molecule has 0 aliphatic rings. The van der Waals surface area contributed by atoms with E-state index < -0.39 is 18.2 Å². The number of methoxy groups -OCH3 is 1. The normalized spacial score (nSPS) is 11.5. The number of ketones is 1. The first kappa shape index (κ1) is 21.5. The van der Waals surface area contributed by atoms with Gasteiger partial charge in [0.05, 0.1) is 18.3 Å². The summed E-state index contributed by atoms with van der Waals surface area (Å²) in [5, 5.41) is 22.0. The maximum Gasteiger partial charge on any atom is 0.406 e. The molecule has 0 fully saturated rings. The molecule has 0 saturated heterocycles. The van der Waals surface area contributed by atoms with E-state index in [1.165, 1.54) is 11.8 Å². The molecule has 0 aliphatic carbocycles. The van der Waals surface area contributed by atoms with Gasteiger partial charge in [-0.2, -0.15) is 0 Å². The number of rotatable bonds is 7. The quantitative estimate of drug-likeness (QED) is 0.372. The van der Waals surface area contributed by atoms with Crippen LogP contribution in [0.4, 0.5) is 10.5 Å². The lowest BCUT2D eigenvalue weighted by atomic mass is 10.0. The second kappa shape index (κ2) is 9.18. The van der Waals surface area contributed by atoms with Crippen LogP contribution in [-0.4, -0.2) is 45.0 Å². The highest BCUT2D eigenvalue weighted by molar-refractivity contribution is 6.14. The minimum absolute atomic E-state index is 0.227. The van der Waals surface area contributed by atoms with Crippen molar-refractivity contribution in [1.82, 2.24) is 20.3 Å². The van der Waals surface area contributed by atoms with Crippen LogP contribution in [0.25, 0.3) is 11.0 Å². The van der Waals surface area contributed by atoms with E-state index in [-0.39, 0.29) is 17.0 Å². The highest BCUT2D eigenvalue weighted by Crippen LogP contribution is 2.23. The number of hydrogen-bond donors (Lipinski definition) is 3. The standard InChI is InChI=1S/C23H19N5O5/c1-33-15-12-10-14(11-13-15)20(29)16-6-2-3-7-17(16)24-22(30)21(25-23(31)32)28-19-9-5-4-8-18(19)26-27-28/h2-13,21,25H,1H3,(H,24,30)(H,31,32). The fraction of sp³-hybridized carbons (Fsp3) is 0.0870. The maximum atomic E-state index is 13.1. The molecule has 4 aromatic rings. The number of ether oxygens (including phenoxy) is 1. The molecular weight excluding hydrogens is 426 g/mol. The van der Waals surface area contributed by atoms with Crippen LogP contribution in [-0.2, 0) is 4.79 Å². The lowest BCUT2D eigenvalue weighted by molar-refractivity contribution is -0.120. The molecule has 0 bridgehead atoms. The van der Waals surface area contributed by atoms with E-state index in [1.54, 1.807) is 72.8 Å². The third-order valence-corrected chi connectivity index (χ3v) is 4.91. The Bertz CT molecular complexity index is 1330. The van der Waals surface area contributed by atoms with Crippen LogP contribution >= 0.6 is 0 Å². The van der Waals surface area contributed by atoms with Crippen molar-refractivity contribution < 1.29 is 24.2 Å². The Kier molecular flexibility index (Phi) is 5.98. The number of carbonyl (C=O) groups excluding carboxylic acids is 2. The Morgan fingerprint density at radius 1 is 0.970 bits per heavy atom. The summed E-state index contributed by atoms with van der Waals surface area (Å²) < 4.78 is 6.29. The number of amides is 2. The Balaban J connectivity index is 1.65. The molecule has 10 nitrogen and oxygen atoms in total. The second-order valence-corrected chi connectivity index (χ2v) is 6.97. The molecule has 1 aromatic heterocycles. The number of carboxylic acid groups (broad SMARTS) is 1. The number of anilines is 1. The molecule has 33 heavy (non-hydrogen) atoms. The van der Waals surface area contributed by atoms with Crippen molar-refractivity contribution in [3.63, 3.8) is 0 Å². The van der Waals surface area contributed by atoms with Gasteiger partial charge in [0, 0.05) is 11.1 Å². The van der Waals surface area contributed by atoms with E-state index in [4.69, 9.17) is 4.74 Å². The summed E-state index contributed by atoms with van der Waals surface area (Å²) in [6, 6.07) is 19.9. The number of aromatic nitrogens is 3. The number of para-hydroxylation sites is 2. The summed E-state index contributed by atoms with van der Waals surface area (Å²) in [4.78, 5) is 37.6. The van der Waals surface area contributed by atoms with Crippen LogP contribution in [0, 0.1) is 0 Å². The van der Waals surface area contributed by atoms with Crippen LogP contribution in [0.1, 0.15) is 22.1 Å². The number of nitrogens with one attached hydrogen (secondary N) is 2. The smallest absolute Gasteiger partial charge is 0.406 e. The molecule has 10 heteroatoms. The minimum Gasteiger partial charge on any atom is -0.497 e. The first-order valence-corrected chi connectivity index (χ1v) is 9.86. The second-order valence-electron chi connectivity index (χ2n) is 6.97. The predicted octanol–water partition coefficient (Wildman–Crippen LogP) is 3.08. The van der Waals surface area contributed by atoms with Gasteiger partial charge in [-0.05, 0) is 48.5 Å². The average Bonchev–Trinajstić information content (AvgIpc) is 3.26. The first-order chi connectivity index (χ1) is 16.0. The summed E-state index contributed by atoms with van der Waals surface area (Å²) in [5.41, 5.74) is 1.84. The van der Waals surface area contributed by atoms with E-state index in [0.29, 0.717) is 22.3 Å². The van der Waals surface area contributed by atoms with Gasteiger partial charge in [0.15, 0.2) is 5.78 Å². The third-order valence-electron chi connectivity index (χ3n) is 4.91. The van der Waals surface area contributed by atoms with Gasteiger partial charge in [0.1, 0.15) is 11.3 Å². The van der Waals surface area contributed by atoms with Crippen molar-refractivity contribution in [1.29, 1.82) is 0 Å². The van der Waals surface area contributed by atoms with Gasteiger partial charge < -0.3 is 15.2 Å². The maximum absolute atomic E-state index is 13.1. The Morgan fingerprint density at radius 3 is 2.39 bits per heavy atom. The van der Waals surface area contributed by atoms with Crippen molar-refractivity contribution in [3.05, 3.63) is 83.9 Å². The van der Waals surface area contributed by atoms with Crippen molar-refractivity contribution in [2.45, 2.75) is 6.17 Å². The molecule has 2 amide bonds. The van der Waals surface area contributed by atoms with Crippen molar-refractivity contribution in [3.8, 4) is 5.75 Å². The van der Waals surface area contributed by atoms with E-state index in [2.05, 4.69) is 20.9 Å². The summed E-state index contributed by atoms with van der Waals surface area (Å²) in [5.74, 6) is -0.443. The molecule has 1 heterocycles. The van der Waals surface area contributed by atoms with Gasteiger partial charge in [0.25, 0.3) is 5.91 Å². The predicted molar refractivity (Wildman–Crippen MR) is 119 cm³/mol. The number of hydrogen-bond acceptors (Lipinski definition) is 6. The van der Waals surface area contributed by atoms with Crippen molar-refractivity contribution in [2.24, 2.45) is 0 Å². The van der Waals surface area contributed by atoms with Crippen molar-refractivity contribution in [2.75, 3.05) is 12.4 Å². The average molecular weight is 445 g/mol. The Hall–Kier alpha value is -4.73. The Labute approximate surface area is 187 Å². The number of nitrogens with zero attached hydrogens (tertiary/aromatic N) is 3. The summed E-state index contributed by atoms with van der Waals surface area (Å²) in [7, 11) is 1.53. The van der Waals surface area contributed by atoms with Crippen LogP contribution in [0.2, 0.25) is 0 Å². The highest BCUT2D eigenvalue weighted by atomic mass is 16.5. The summed E-state index contributed by atoms with van der Waals surface area (Å²) >= 11 is 0. The van der Waals surface area contributed by atoms with Gasteiger partial charge in [-0.25, -0.2) is 9.48 Å². The monoisotopic (exact) mass is 445 g/mol. The fourth-order valence-corrected chi connectivity index (χ4v) is 3.32. The topological polar surface area (TPSA) is 135 Å². The van der Waals surface area contributed by atoms with Crippen LogP contribution < -0.4 is 15.4 Å². The largest absolute Gasteiger partial charge is 0.497 e. The molecule has 3 aromatic carbocycles. The van der Waals surface area contributed by atoms with E-state index in [9.17, 15) is 19.5 Å². The molecule has 1 unspecified atom stereocenters. The van der Waals surface area contributed by atoms with Gasteiger partial charge in [-0.3, -0.25) is 14.9 Å². The van der Waals surface area contributed by atoms with Crippen LogP contribution in [0.5, 0.6) is 5.75 Å². The molecule has 0 saturated carbocycles. The minimum atomic E-state index is -1.42.